The van der Waals surface area contributed by atoms with Gasteiger partial charge in [-0.3, -0.25) is 9.13 Å². The van der Waals surface area contributed by atoms with Crippen molar-refractivity contribution in [2.75, 3.05) is 18.0 Å². The number of hydrogen-bond donors (Lipinski definition) is 0. The highest BCUT2D eigenvalue weighted by molar-refractivity contribution is 9.10. The van der Waals surface area contributed by atoms with Crippen LogP contribution in [0.5, 0.6) is 0 Å². The van der Waals surface area contributed by atoms with Crippen LogP contribution in [-0.2, 0) is 13.1 Å². The Labute approximate surface area is 160 Å². The van der Waals surface area contributed by atoms with Crippen molar-refractivity contribution in [2.45, 2.75) is 32.9 Å². The molecule has 0 radical (unpaired) electrons. The quantitative estimate of drug-likeness (QED) is 0.655. The fraction of sp³-hybridized carbons (Fsp3) is 0.421. The van der Waals surface area contributed by atoms with Gasteiger partial charge < -0.3 is 4.90 Å². The number of anilines is 1. The molecule has 136 valence electrons. The molecule has 1 saturated heterocycles. The number of halogens is 1. The molecule has 1 aliphatic heterocycles. The van der Waals surface area contributed by atoms with Gasteiger partial charge in [-0.25, -0.2) is 14.8 Å². The molecule has 4 rings (SSSR count). The van der Waals surface area contributed by atoms with Crippen LogP contribution in [-0.4, -0.2) is 32.2 Å². The van der Waals surface area contributed by atoms with Crippen molar-refractivity contribution in [3.05, 3.63) is 51.6 Å². The van der Waals surface area contributed by atoms with E-state index in [2.05, 4.69) is 30.8 Å². The Bertz CT molecular complexity index is 971. The molecule has 0 bridgehead atoms. The van der Waals surface area contributed by atoms with Crippen LogP contribution in [0.4, 0.5) is 5.82 Å². The number of piperidine rings is 1. The van der Waals surface area contributed by atoms with Crippen molar-refractivity contribution in [1.29, 1.82) is 0 Å². The molecule has 3 aromatic heterocycles. The lowest BCUT2D eigenvalue weighted by Crippen LogP contribution is -2.37. The highest BCUT2D eigenvalue weighted by atomic mass is 79.9. The minimum atomic E-state index is 0.0519. The first-order chi connectivity index (χ1) is 12.7. The summed E-state index contributed by atoms with van der Waals surface area (Å²) in [6.45, 7) is 5.31. The maximum atomic E-state index is 12.8. The van der Waals surface area contributed by atoms with E-state index in [0.29, 0.717) is 12.5 Å². The van der Waals surface area contributed by atoms with Crippen molar-refractivity contribution in [2.24, 2.45) is 5.92 Å². The molecule has 0 unspecified atom stereocenters. The van der Waals surface area contributed by atoms with E-state index in [1.165, 1.54) is 0 Å². The highest BCUT2D eigenvalue weighted by Gasteiger charge is 2.24. The predicted molar refractivity (Wildman–Crippen MR) is 107 cm³/mol. The van der Waals surface area contributed by atoms with Gasteiger partial charge in [-0.1, -0.05) is 0 Å². The van der Waals surface area contributed by atoms with E-state index in [9.17, 15) is 4.79 Å². The van der Waals surface area contributed by atoms with Crippen LogP contribution in [0.25, 0.3) is 11.2 Å². The predicted octanol–water partition coefficient (Wildman–Crippen LogP) is 3.29. The molecular formula is C19H22BrN5O. The molecule has 0 N–H and O–H groups in total. The Morgan fingerprint density at radius 3 is 2.58 bits per heavy atom. The summed E-state index contributed by atoms with van der Waals surface area (Å²) in [5, 5.41) is 0. The molecule has 3 aromatic rings. The first-order valence-corrected chi connectivity index (χ1v) is 9.88. The van der Waals surface area contributed by atoms with Crippen LogP contribution in [0, 0.1) is 5.92 Å². The molecule has 1 aliphatic rings. The van der Waals surface area contributed by atoms with E-state index in [1.807, 2.05) is 46.5 Å². The second-order valence-electron chi connectivity index (χ2n) is 6.72. The van der Waals surface area contributed by atoms with Gasteiger partial charge in [-0.05, 0) is 65.9 Å². The van der Waals surface area contributed by atoms with Crippen molar-refractivity contribution in [3.8, 4) is 0 Å². The number of nitrogens with zero attached hydrogens (tertiary/aromatic N) is 5. The number of aromatic nitrogens is 4. The molecule has 6 nitrogen and oxygen atoms in total. The van der Waals surface area contributed by atoms with Gasteiger partial charge in [0.05, 0.1) is 9.99 Å². The average Bonchev–Trinajstić information content (AvgIpc) is 2.94. The number of hydrogen-bond acceptors (Lipinski definition) is 4. The van der Waals surface area contributed by atoms with Crippen LogP contribution >= 0.6 is 15.9 Å². The van der Waals surface area contributed by atoms with Gasteiger partial charge in [-0.2, -0.15) is 0 Å². The standard InChI is InChI=1S/C19H22BrN5O/c1-2-24-16-6-4-10-22-18(16)25(19(24)26)13-14-7-11-23(12-8-14)17-15(20)5-3-9-21-17/h3-6,9-10,14H,2,7-8,11-13H2,1H3. The lowest BCUT2D eigenvalue weighted by atomic mass is 9.96. The van der Waals surface area contributed by atoms with E-state index in [-0.39, 0.29) is 5.69 Å². The molecule has 0 atom stereocenters. The summed E-state index contributed by atoms with van der Waals surface area (Å²) in [5.41, 5.74) is 1.78. The Kier molecular flexibility index (Phi) is 4.80. The average molecular weight is 416 g/mol. The third kappa shape index (κ3) is 3.05. The van der Waals surface area contributed by atoms with Gasteiger partial charge in [0.15, 0.2) is 5.65 Å². The number of pyridine rings is 2. The summed E-state index contributed by atoms with van der Waals surface area (Å²) in [4.78, 5) is 24.1. The van der Waals surface area contributed by atoms with Crippen LogP contribution in [0.1, 0.15) is 19.8 Å². The van der Waals surface area contributed by atoms with E-state index < -0.39 is 0 Å². The van der Waals surface area contributed by atoms with Crippen molar-refractivity contribution < 1.29 is 0 Å². The largest absolute Gasteiger partial charge is 0.356 e. The van der Waals surface area contributed by atoms with E-state index in [0.717, 1.165) is 53.9 Å². The van der Waals surface area contributed by atoms with E-state index in [1.54, 1.807) is 6.20 Å². The van der Waals surface area contributed by atoms with Crippen LogP contribution in [0.2, 0.25) is 0 Å². The zero-order valence-corrected chi connectivity index (χ0v) is 16.4. The number of fused-ring (bicyclic) bond motifs is 1. The Morgan fingerprint density at radius 2 is 1.85 bits per heavy atom. The summed E-state index contributed by atoms with van der Waals surface area (Å²) in [7, 11) is 0. The van der Waals surface area contributed by atoms with Crippen molar-refractivity contribution in [3.63, 3.8) is 0 Å². The molecule has 0 aliphatic carbocycles. The van der Waals surface area contributed by atoms with Gasteiger partial charge in [0.25, 0.3) is 0 Å². The zero-order valence-electron chi connectivity index (χ0n) is 14.8. The maximum Gasteiger partial charge on any atom is 0.330 e. The third-order valence-electron chi connectivity index (χ3n) is 5.18. The van der Waals surface area contributed by atoms with Gasteiger partial charge in [0.1, 0.15) is 5.82 Å². The van der Waals surface area contributed by atoms with Gasteiger partial charge in [0.2, 0.25) is 0 Å². The van der Waals surface area contributed by atoms with Gasteiger partial charge in [0, 0.05) is 38.6 Å². The molecule has 7 heteroatoms. The summed E-state index contributed by atoms with van der Waals surface area (Å²) in [6.07, 6.45) is 5.68. The smallest absolute Gasteiger partial charge is 0.330 e. The van der Waals surface area contributed by atoms with Crippen LogP contribution in [0.15, 0.2) is 45.9 Å². The van der Waals surface area contributed by atoms with E-state index >= 15 is 0 Å². The van der Waals surface area contributed by atoms with E-state index in [4.69, 9.17) is 0 Å². The van der Waals surface area contributed by atoms with Crippen molar-refractivity contribution >= 4 is 32.9 Å². The van der Waals surface area contributed by atoms with Crippen LogP contribution in [0.3, 0.4) is 0 Å². The van der Waals surface area contributed by atoms with Gasteiger partial charge >= 0.3 is 5.69 Å². The Hall–Kier alpha value is -2.15. The zero-order chi connectivity index (χ0) is 18.1. The first kappa shape index (κ1) is 17.3. The fourth-order valence-corrected chi connectivity index (χ4v) is 4.32. The summed E-state index contributed by atoms with van der Waals surface area (Å²) < 4.78 is 4.70. The maximum absolute atomic E-state index is 12.8. The molecule has 0 amide bonds. The molecular weight excluding hydrogens is 394 g/mol. The summed E-state index contributed by atoms with van der Waals surface area (Å²) in [5.74, 6) is 1.48. The fourth-order valence-electron chi connectivity index (χ4n) is 3.81. The number of aryl methyl sites for hydroxylation is 1. The minimum Gasteiger partial charge on any atom is -0.356 e. The normalized spacial score (nSPS) is 15.7. The molecule has 26 heavy (non-hydrogen) atoms. The molecule has 0 spiro atoms. The first-order valence-electron chi connectivity index (χ1n) is 9.08. The second kappa shape index (κ2) is 7.23. The highest BCUT2D eigenvalue weighted by Crippen LogP contribution is 2.28. The minimum absolute atomic E-state index is 0.0519. The summed E-state index contributed by atoms with van der Waals surface area (Å²) >= 11 is 3.59. The number of imidazole rings is 1. The van der Waals surface area contributed by atoms with Crippen molar-refractivity contribution in [1.82, 2.24) is 19.1 Å². The summed E-state index contributed by atoms with van der Waals surface area (Å²) in [6, 6.07) is 7.83. The molecule has 1 fully saturated rings. The Morgan fingerprint density at radius 1 is 1.12 bits per heavy atom. The lowest BCUT2D eigenvalue weighted by molar-refractivity contribution is 0.353. The van der Waals surface area contributed by atoms with Gasteiger partial charge in [-0.15, -0.1) is 0 Å². The monoisotopic (exact) mass is 415 g/mol. The lowest BCUT2D eigenvalue weighted by Gasteiger charge is -2.33. The number of rotatable bonds is 4. The second-order valence-corrected chi connectivity index (χ2v) is 7.58. The third-order valence-corrected chi connectivity index (χ3v) is 5.80. The molecule has 4 heterocycles. The SMILES string of the molecule is CCn1c(=O)n(CC2CCN(c3ncccc3Br)CC2)c2ncccc21. The molecule has 0 saturated carbocycles. The molecule has 0 aromatic carbocycles. The van der Waals surface area contributed by atoms with Crippen LogP contribution < -0.4 is 10.6 Å². The topological polar surface area (TPSA) is 56.0 Å². The Balaban J connectivity index is 1.52.